The van der Waals surface area contributed by atoms with Crippen molar-refractivity contribution in [2.45, 2.75) is 0 Å². The van der Waals surface area contributed by atoms with Crippen molar-refractivity contribution in [1.29, 1.82) is 0 Å². The number of hydrogen-bond acceptors (Lipinski definition) is 1. The zero-order valence-corrected chi connectivity index (χ0v) is 27.4. The molecule has 9 aromatic carbocycles. The summed E-state index contributed by atoms with van der Waals surface area (Å²) in [5.74, 6) is 0. The quantitative estimate of drug-likeness (QED) is 0.138. The Bertz CT molecular complexity index is 3180. The fourth-order valence-corrected chi connectivity index (χ4v) is 8.63. The molecule has 0 N–H and O–H groups in total. The third kappa shape index (κ3) is 3.90. The van der Waals surface area contributed by atoms with E-state index in [9.17, 15) is 0 Å². The van der Waals surface area contributed by atoms with Gasteiger partial charge in [-0.05, 0) is 107 Å². The molecule has 3 heteroatoms. The molecule has 0 unspecified atom stereocenters. The van der Waals surface area contributed by atoms with E-state index in [0.29, 0.717) is 5.69 Å². The molecule has 234 valence electrons. The van der Waals surface area contributed by atoms with Gasteiger partial charge in [0.25, 0.3) is 0 Å². The topological polar surface area (TPSA) is 22.2 Å². The smallest absolute Gasteiger partial charge is 0.195 e. The fraction of sp³-hybridized carbons (Fsp3) is 0. The Morgan fingerprint density at radius 1 is 0.451 bits per heavy atom. The van der Waals surface area contributed by atoms with Crippen LogP contribution < -0.4 is 0 Å². The fourth-order valence-electron chi connectivity index (χ4n) is 8.63. The lowest BCUT2D eigenvalue weighted by Crippen LogP contribution is -1.93. The van der Waals surface area contributed by atoms with Crippen LogP contribution in [0.4, 0.5) is 5.69 Å². The van der Waals surface area contributed by atoms with Crippen LogP contribution in [-0.2, 0) is 0 Å². The van der Waals surface area contributed by atoms with Gasteiger partial charge in [0.2, 0.25) is 0 Å². The van der Waals surface area contributed by atoms with Crippen molar-refractivity contribution in [3.63, 3.8) is 0 Å². The number of para-hydroxylation sites is 1. The predicted octanol–water partition coefficient (Wildman–Crippen LogP) is 13.2. The molecule has 0 spiro atoms. The summed E-state index contributed by atoms with van der Waals surface area (Å²) in [6.45, 7) is 7.90. The molecule has 2 aromatic heterocycles. The van der Waals surface area contributed by atoms with Gasteiger partial charge in [-0.3, -0.25) is 4.98 Å². The maximum Gasteiger partial charge on any atom is 0.195 e. The molecule has 0 fully saturated rings. The second-order valence-corrected chi connectivity index (χ2v) is 13.4. The zero-order valence-electron chi connectivity index (χ0n) is 27.4. The first-order valence-corrected chi connectivity index (χ1v) is 17.2. The third-order valence-corrected chi connectivity index (χ3v) is 10.8. The van der Waals surface area contributed by atoms with Crippen molar-refractivity contribution in [2.75, 3.05) is 0 Å². The maximum absolute atomic E-state index is 7.90. The molecule has 51 heavy (non-hydrogen) atoms. The first-order valence-electron chi connectivity index (χ1n) is 17.2. The molecular formula is C48H27N3. The van der Waals surface area contributed by atoms with E-state index in [1.54, 1.807) is 0 Å². The van der Waals surface area contributed by atoms with Crippen LogP contribution in [0.15, 0.2) is 164 Å². The molecule has 0 saturated carbocycles. The molecule has 11 aromatic rings. The van der Waals surface area contributed by atoms with E-state index in [4.69, 9.17) is 6.57 Å². The van der Waals surface area contributed by atoms with E-state index in [1.807, 2.05) is 24.5 Å². The minimum Gasteiger partial charge on any atom is -0.309 e. The monoisotopic (exact) mass is 645 g/mol. The largest absolute Gasteiger partial charge is 0.309 e. The molecule has 11 rings (SSSR count). The summed E-state index contributed by atoms with van der Waals surface area (Å²) in [6, 6.07) is 54.7. The van der Waals surface area contributed by atoms with Crippen molar-refractivity contribution >= 4 is 70.6 Å². The average molecular weight is 646 g/mol. The second kappa shape index (κ2) is 10.5. The minimum absolute atomic E-state index is 0.686. The lowest BCUT2D eigenvalue weighted by atomic mass is 9.87. The normalized spacial score (nSPS) is 11.9. The first-order chi connectivity index (χ1) is 25.3. The molecule has 2 heterocycles. The number of pyridine rings is 1. The first kappa shape index (κ1) is 27.9. The summed E-state index contributed by atoms with van der Waals surface area (Å²) in [7, 11) is 0. The van der Waals surface area contributed by atoms with Gasteiger partial charge in [-0.25, -0.2) is 4.85 Å². The molecule has 0 aliphatic rings. The standard InChI is InChI=1S/C48H27N3/c1-49-42-23-25-44-48-41(42)21-20-40-36(22-24-43(47(40)48)51(44)34-10-3-2-4-11-34)32-8-5-7-31(27-32)35-16-12-29-15-19-39-37(33-9-6-26-50-28-33)17-13-30-14-18-38(35)45(29)46(30)39/h2-28H. The van der Waals surface area contributed by atoms with Gasteiger partial charge in [0.1, 0.15) is 0 Å². The van der Waals surface area contributed by atoms with Gasteiger partial charge in [0.05, 0.1) is 17.6 Å². The van der Waals surface area contributed by atoms with Crippen LogP contribution in [0.5, 0.6) is 0 Å². The van der Waals surface area contributed by atoms with Gasteiger partial charge in [0, 0.05) is 34.4 Å². The summed E-state index contributed by atoms with van der Waals surface area (Å²) < 4.78 is 2.34. The molecule has 0 amide bonds. The summed E-state index contributed by atoms with van der Waals surface area (Å²) in [4.78, 5) is 8.31. The van der Waals surface area contributed by atoms with Crippen LogP contribution in [0, 0.1) is 6.57 Å². The molecule has 0 aliphatic carbocycles. The number of benzene rings is 9. The SMILES string of the molecule is [C-]#[N+]c1ccc2c3c1ccc1c(-c4cccc(-c5ccc6ccc7c(-c8cccnc8)ccc8ccc5c6c87)c4)ccc(c13)n2-c1ccccc1. The van der Waals surface area contributed by atoms with Gasteiger partial charge < -0.3 is 4.57 Å². The Kier molecular flexibility index (Phi) is 5.73. The summed E-state index contributed by atoms with van der Waals surface area (Å²) in [5, 5.41) is 12.1. The van der Waals surface area contributed by atoms with E-state index in [2.05, 4.69) is 154 Å². The Morgan fingerprint density at radius 2 is 1.00 bits per heavy atom. The molecule has 0 aliphatic heterocycles. The van der Waals surface area contributed by atoms with Crippen molar-refractivity contribution in [3.05, 3.63) is 175 Å². The highest BCUT2D eigenvalue weighted by atomic mass is 15.0. The van der Waals surface area contributed by atoms with E-state index in [-0.39, 0.29) is 0 Å². The van der Waals surface area contributed by atoms with E-state index >= 15 is 0 Å². The Hall–Kier alpha value is -7.02. The highest BCUT2D eigenvalue weighted by Crippen LogP contribution is 2.46. The Balaban J connectivity index is 1.13. The van der Waals surface area contributed by atoms with E-state index < -0.39 is 0 Å². The molecule has 0 bridgehead atoms. The molecule has 3 nitrogen and oxygen atoms in total. The number of hydrogen-bond donors (Lipinski definition) is 0. The van der Waals surface area contributed by atoms with E-state index in [0.717, 1.165) is 33.1 Å². The lowest BCUT2D eigenvalue weighted by molar-refractivity contribution is 1.18. The van der Waals surface area contributed by atoms with Gasteiger partial charge >= 0.3 is 0 Å². The molecule has 0 radical (unpaired) electrons. The molecular weight excluding hydrogens is 619 g/mol. The van der Waals surface area contributed by atoms with Gasteiger partial charge in [-0.1, -0.05) is 115 Å². The summed E-state index contributed by atoms with van der Waals surface area (Å²) >= 11 is 0. The number of rotatable bonds is 4. The van der Waals surface area contributed by atoms with Crippen molar-refractivity contribution in [1.82, 2.24) is 9.55 Å². The van der Waals surface area contributed by atoms with Crippen LogP contribution >= 0.6 is 0 Å². The van der Waals surface area contributed by atoms with Crippen molar-refractivity contribution < 1.29 is 0 Å². The van der Waals surface area contributed by atoms with Gasteiger partial charge in [-0.15, -0.1) is 0 Å². The lowest BCUT2D eigenvalue weighted by Gasteiger charge is -2.17. The zero-order chi connectivity index (χ0) is 33.6. The highest BCUT2D eigenvalue weighted by molar-refractivity contribution is 6.29. The average Bonchev–Trinajstić information content (AvgIpc) is 3.54. The van der Waals surface area contributed by atoms with Crippen LogP contribution in [0.25, 0.3) is 109 Å². The van der Waals surface area contributed by atoms with Crippen molar-refractivity contribution in [3.8, 4) is 39.1 Å². The Labute approximate surface area is 293 Å². The summed E-state index contributed by atoms with van der Waals surface area (Å²) in [6.07, 6.45) is 3.78. The highest BCUT2D eigenvalue weighted by Gasteiger charge is 2.21. The minimum atomic E-state index is 0.686. The maximum atomic E-state index is 7.90. The van der Waals surface area contributed by atoms with Gasteiger partial charge in [0.15, 0.2) is 5.69 Å². The van der Waals surface area contributed by atoms with Gasteiger partial charge in [-0.2, -0.15) is 0 Å². The van der Waals surface area contributed by atoms with Crippen LogP contribution in [-0.4, -0.2) is 9.55 Å². The summed E-state index contributed by atoms with van der Waals surface area (Å²) in [5.41, 5.74) is 11.2. The van der Waals surface area contributed by atoms with Crippen LogP contribution in [0.3, 0.4) is 0 Å². The second-order valence-electron chi connectivity index (χ2n) is 13.4. The van der Waals surface area contributed by atoms with Crippen LogP contribution in [0.2, 0.25) is 0 Å². The third-order valence-electron chi connectivity index (χ3n) is 10.8. The Morgan fingerprint density at radius 3 is 1.67 bits per heavy atom. The van der Waals surface area contributed by atoms with Crippen molar-refractivity contribution in [2.24, 2.45) is 0 Å². The predicted molar refractivity (Wildman–Crippen MR) is 214 cm³/mol. The number of aromatic nitrogens is 2. The van der Waals surface area contributed by atoms with Crippen LogP contribution in [0.1, 0.15) is 0 Å². The molecule has 0 atom stereocenters. The molecule has 0 saturated heterocycles. The van der Waals surface area contributed by atoms with E-state index in [1.165, 1.54) is 70.9 Å². The number of nitrogens with zero attached hydrogens (tertiary/aromatic N) is 3.